The lowest BCUT2D eigenvalue weighted by molar-refractivity contribution is 0.0926. The first kappa shape index (κ1) is 20.6. The van der Waals surface area contributed by atoms with Gasteiger partial charge < -0.3 is 10.2 Å². The van der Waals surface area contributed by atoms with Gasteiger partial charge in [-0.15, -0.1) is 0 Å². The van der Waals surface area contributed by atoms with Gasteiger partial charge in [0, 0.05) is 24.7 Å². The Labute approximate surface area is 199 Å². The molecule has 3 aromatic carbocycles. The van der Waals surface area contributed by atoms with E-state index in [4.69, 9.17) is 0 Å². The normalized spacial score (nSPS) is 17.5. The number of imide groups is 1. The number of hydrogen-bond acceptors (Lipinski definition) is 5. The molecule has 0 aliphatic carbocycles. The largest absolute Gasteiger partial charge is 0.324 e. The van der Waals surface area contributed by atoms with Crippen LogP contribution in [0.1, 0.15) is 38.6 Å². The number of fused-ring (bicyclic) bond motifs is 2. The van der Waals surface area contributed by atoms with Crippen molar-refractivity contribution in [1.82, 2.24) is 9.88 Å². The van der Waals surface area contributed by atoms with Crippen LogP contribution in [0.25, 0.3) is 10.2 Å². The number of nitrogens with zero attached hydrogens (tertiary/aromatic N) is 3. The van der Waals surface area contributed by atoms with Crippen molar-refractivity contribution in [2.75, 3.05) is 23.3 Å². The molecule has 0 bridgehead atoms. The van der Waals surface area contributed by atoms with Gasteiger partial charge in [-0.25, -0.2) is 14.7 Å². The van der Waals surface area contributed by atoms with Crippen LogP contribution in [0, 0.1) is 0 Å². The van der Waals surface area contributed by atoms with Gasteiger partial charge >= 0.3 is 6.03 Å². The van der Waals surface area contributed by atoms with Crippen LogP contribution in [-0.2, 0) is 0 Å². The van der Waals surface area contributed by atoms with Crippen molar-refractivity contribution >= 4 is 50.2 Å². The molecule has 0 saturated carbocycles. The molecule has 168 valence electrons. The van der Waals surface area contributed by atoms with Crippen LogP contribution in [0.5, 0.6) is 0 Å². The van der Waals surface area contributed by atoms with E-state index >= 15 is 0 Å². The first-order valence-corrected chi connectivity index (χ1v) is 11.9. The van der Waals surface area contributed by atoms with Gasteiger partial charge in [-0.3, -0.25) is 9.59 Å². The number of thiazole rings is 1. The lowest BCUT2D eigenvalue weighted by atomic mass is 9.99. The van der Waals surface area contributed by atoms with E-state index in [0.717, 1.165) is 16.0 Å². The molecule has 1 N–H and O–H groups in total. The Hall–Kier alpha value is -4.04. The maximum atomic E-state index is 12.9. The van der Waals surface area contributed by atoms with Gasteiger partial charge in [0.05, 0.1) is 21.3 Å². The van der Waals surface area contributed by atoms with Crippen molar-refractivity contribution in [2.45, 2.75) is 12.3 Å². The van der Waals surface area contributed by atoms with E-state index in [-0.39, 0.29) is 17.8 Å². The van der Waals surface area contributed by atoms with Crippen LogP contribution < -0.4 is 10.2 Å². The number of urea groups is 1. The summed E-state index contributed by atoms with van der Waals surface area (Å²) in [5, 5.41) is 3.31. The number of hydrogen-bond donors (Lipinski definition) is 1. The molecule has 7 nitrogen and oxygen atoms in total. The molecule has 0 spiro atoms. The van der Waals surface area contributed by atoms with Gasteiger partial charge in [-0.05, 0) is 42.3 Å². The molecule has 1 fully saturated rings. The van der Waals surface area contributed by atoms with Crippen LogP contribution in [0.4, 0.5) is 15.6 Å². The summed E-state index contributed by atoms with van der Waals surface area (Å²) in [4.78, 5) is 45.9. The molecule has 2 aliphatic rings. The maximum absolute atomic E-state index is 12.9. The second-order valence-corrected chi connectivity index (χ2v) is 9.45. The minimum atomic E-state index is -0.366. The molecule has 4 amide bonds. The lowest BCUT2D eigenvalue weighted by Crippen LogP contribution is -2.32. The number of carbonyl (C=O) groups is 3. The van der Waals surface area contributed by atoms with Crippen molar-refractivity contribution < 1.29 is 14.4 Å². The van der Waals surface area contributed by atoms with Gasteiger partial charge in [0.25, 0.3) is 11.8 Å². The van der Waals surface area contributed by atoms with Crippen molar-refractivity contribution in [3.63, 3.8) is 0 Å². The SMILES string of the molecule is O=C(Nc1ccc2nc(N3C(=O)c4ccccc4C3=O)sc2c1)N1CC[C@H](c2ccccc2)C1. The number of nitrogens with one attached hydrogen (secondary N) is 1. The highest BCUT2D eigenvalue weighted by molar-refractivity contribution is 7.22. The topological polar surface area (TPSA) is 82.6 Å². The lowest BCUT2D eigenvalue weighted by Gasteiger charge is -2.17. The van der Waals surface area contributed by atoms with Crippen LogP contribution in [0.3, 0.4) is 0 Å². The van der Waals surface area contributed by atoms with Crippen molar-refractivity contribution in [3.05, 3.63) is 89.5 Å². The highest BCUT2D eigenvalue weighted by Gasteiger charge is 2.38. The van der Waals surface area contributed by atoms with Gasteiger partial charge in [-0.1, -0.05) is 53.8 Å². The molecule has 1 saturated heterocycles. The number of likely N-dealkylation sites (tertiary alicyclic amines) is 1. The Bertz CT molecular complexity index is 1410. The maximum Gasteiger partial charge on any atom is 0.321 e. The van der Waals surface area contributed by atoms with Crippen LogP contribution in [-0.4, -0.2) is 40.8 Å². The second kappa shape index (κ2) is 8.07. The molecule has 4 aromatic rings. The van der Waals surface area contributed by atoms with E-state index in [9.17, 15) is 14.4 Å². The molecule has 3 heterocycles. The highest BCUT2D eigenvalue weighted by atomic mass is 32.1. The number of aromatic nitrogens is 1. The molecule has 0 unspecified atom stereocenters. The molecular formula is C26H20N4O3S. The van der Waals surface area contributed by atoms with E-state index < -0.39 is 0 Å². The monoisotopic (exact) mass is 468 g/mol. The summed E-state index contributed by atoms with van der Waals surface area (Å²) in [7, 11) is 0. The molecular weight excluding hydrogens is 448 g/mol. The molecule has 2 aliphatic heterocycles. The Morgan fingerprint density at radius 1 is 0.941 bits per heavy atom. The Morgan fingerprint density at radius 3 is 2.38 bits per heavy atom. The van der Waals surface area contributed by atoms with E-state index in [0.29, 0.717) is 46.5 Å². The Kier molecular flexibility index (Phi) is 4.88. The van der Waals surface area contributed by atoms with Crippen LogP contribution in [0.15, 0.2) is 72.8 Å². The summed E-state index contributed by atoms with van der Waals surface area (Å²) in [5.74, 6) is -0.386. The zero-order valence-electron chi connectivity index (χ0n) is 18.1. The summed E-state index contributed by atoms with van der Waals surface area (Å²) in [6.45, 7) is 1.39. The number of anilines is 2. The van der Waals surface area contributed by atoms with Gasteiger partial charge in [0.1, 0.15) is 0 Å². The zero-order chi connectivity index (χ0) is 23.2. The standard InChI is InChI=1S/C26H20N4O3S/c31-23-19-8-4-5-9-20(19)24(32)30(23)26-28-21-11-10-18(14-22(21)34-26)27-25(33)29-13-12-17(15-29)16-6-2-1-3-7-16/h1-11,14,17H,12-13,15H2,(H,27,33)/t17-/m0/s1. The Balaban J connectivity index is 1.19. The summed E-state index contributed by atoms with van der Waals surface area (Å²) in [6.07, 6.45) is 0.939. The molecule has 1 aromatic heterocycles. The fraction of sp³-hybridized carbons (Fsp3) is 0.154. The number of benzene rings is 3. The van der Waals surface area contributed by atoms with Crippen molar-refractivity contribution in [3.8, 4) is 0 Å². The molecule has 34 heavy (non-hydrogen) atoms. The molecule has 0 radical (unpaired) electrons. The van der Waals surface area contributed by atoms with Crippen LogP contribution >= 0.6 is 11.3 Å². The fourth-order valence-corrected chi connectivity index (χ4v) is 5.60. The van der Waals surface area contributed by atoms with E-state index in [2.05, 4.69) is 22.4 Å². The van der Waals surface area contributed by atoms with E-state index in [1.807, 2.05) is 29.2 Å². The minimum Gasteiger partial charge on any atom is -0.324 e. The van der Waals surface area contributed by atoms with Gasteiger partial charge in [0.15, 0.2) is 0 Å². The van der Waals surface area contributed by atoms with Gasteiger partial charge in [0.2, 0.25) is 5.13 Å². The number of amides is 4. The third kappa shape index (κ3) is 3.43. The van der Waals surface area contributed by atoms with Crippen LogP contribution in [0.2, 0.25) is 0 Å². The second-order valence-electron chi connectivity index (χ2n) is 8.44. The average molecular weight is 469 g/mol. The van der Waals surface area contributed by atoms with E-state index in [1.54, 1.807) is 36.4 Å². The first-order chi connectivity index (χ1) is 16.6. The molecule has 6 rings (SSSR count). The van der Waals surface area contributed by atoms with Crippen molar-refractivity contribution in [2.24, 2.45) is 0 Å². The summed E-state index contributed by atoms with van der Waals surface area (Å²) in [5.41, 5.74) is 3.35. The summed E-state index contributed by atoms with van der Waals surface area (Å²) >= 11 is 1.25. The smallest absolute Gasteiger partial charge is 0.321 e. The van der Waals surface area contributed by atoms with Crippen molar-refractivity contribution in [1.29, 1.82) is 0 Å². The third-order valence-electron chi connectivity index (χ3n) is 6.36. The quantitative estimate of drug-likeness (QED) is 0.423. The third-order valence-corrected chi connectivity index (χ3v) is 7.36. The summed E-state index contributed by atoms with van der Waals surface area (Å²) in [6, 6.07) is 22.3. The van der Waals surface area contributed by atoms with E-state index in [1.165, 1.54) is 16.9 Å². The predicted octanol–water partition coefficient (Wildman–Crippen LogP) is 5.12. The fourth-order valence-electron chi connectivity index (χ4n) is 4.59. The number of rotatable bonds is 3. The minimum absolute atomic E-state index is 0.136. The molecule has 8 heteroatoms. The highest BCUT2D eigenvalue weighted by Crippen LogP contribution is 2.35. The Morgan fingerprint density at radius 2 is 1.65 bits per heavy atom. The number of carbonyl (C=O) groups excluding carboxylic acids is 3. The first-order valence-electron chi connectivity index (χ1n) is 11.1. The molecule has 1 atom stereocenters. The van der Waals surface area contributed by atoms with Gasteiger partial charge in [-0.2, -0.15) is 0 Å². The zero-order valence-corrected chi connectivity index (χ0v) is 18.9. The average Bonchev–Trinajstić information content (AvgIpc) is 3.57. The predicted molar refractivity (Wildman–Crippen MR) is 132 cm³/mol. The summed E-state index contributed by atoms with van der Waals surface area (Å²) < 4.78 is 0.785.